The molecule has 2 N–H and O–H groups in total. The molecule has 3 rings (SSSR count). The third-order valence-electron chi connectivity index (χ3n) is 4.44. The van der Waals surface area contributed by atoms with Gasteiger partial charge in [0.15, 0.2) is 11.6 Å². The van der Waals surface area contributed by atoms with Gasteiger partial charge in [0.2, 0.25) is 0 Å². The van der Waals surface area contributed by atoms with Crippen LogP contribution in [0.4, 0.5) is 10.1 Å². The summed E-state index contributed by atoms with van der Waals surface area (Å²) in [6.07, 6.45) is 0. The Morgan fingerprint density at radius 1 is 0.958 bits per heavy atom. The largest absolute Gasteiger partial charge is 0.494 e. The van der Waals surface area contributed by atoms with E-state index >= 15 is 0 Å². The highest BCUT2D eigenvalue weighted by molar-refractivity contribution is 5.40. The van der Waals surface area contributed by atoms with Crippen molar-refractivity contribution in [3.8, 4) is 5.75 Å². The molecule has 1 fully saturated rings. The van der Waals surface area contributed by atoms with E-state index < -0.39 is 0 Å². The molecule has 2 aromatic rings. The number of rotatable bonds is 5. The lowest BCUT2D eigenvalue weighted by atomic mass is 10.1. The molecule has 1 saturated heterocycles. The number of nitrogens with two attached hydrogens (primary N) is 1. The van der Waals surface area contributed by atoms with Crippen LogP contribution in [-0.4, -0.2) is 43.1 Å². The molecular formula is C19H24FN3O. The molecule has 128 valence electrons. The first-order valence-electron chi connectivity index (χ1n) is 8.25. The Morgan fingerprint density at radius 3 is 2.12 bits per heavy atom. The third-order valence-corrected chi connectivity index (χ3v) is 4.44. The molecule has 1 aliphatic heterocycles. The van der Waals surface area contributed by atoms with Gasteiger partial charge in [0, 0.05) is 45.0 Å². The maximum Gasteiger partial charge on any atom is 0.165 e. The van der Waals surface area contributed by atoms with Crippen molar-refractivity contribution in [2.75, 3.05) is 39.0 Å². The topological polar surface area (TPSA) is 41.7 Å². The zero-order chi connectivity index (χ0) is 16.9. The van der Waals surface area contributed by atoms with E-state index in [4.69, 9.17) is 10.5 Å². The van der Waals surface area contributed by atoms with Crippen LogP contribution in [0.3, 0.4) is 0 Å². The highest BCUT2D eigenvalue weighted by Gasteiger charge is 2.17. The first-order chi connectivity index (χ1) is 11.6. The van der Waals surface area contributed by atoms with Gasteiger partial charge in [-0.05, 0) is 35.4 Å². The van der Waals surface area contributed by atoms with Gasteiger partial charge in [0.05, 0.1) is 7.11 Å². The number of hydrogen-bond donors (Lipinski definition) is 1. The van der Waals surface area contributed by atoms with Crippen LogP contribution in [0.2, 0.25) is 0 Å². The van der Waals surface area contributed by atoms with Crippen molar-refractivity contribution in [3.63, 3.8) is 0 Å². The number of piperazine rings is 1. The van der Waals surface area contributed by atoms with Gasteiger partial charge in [-0.3, -0.25) is 9.80 Å². The molecule has 1 heterocycles. The number of nitrogens with zero attached hydrogens (tertiary/aromatic N) is 2. The Labute approximate surface area is 142 Å². The fourth-order valence-corrected chi connectivity index (χ4v) is 3.12. The summed E-state index contributed by atoms with van der Waals surface area (Å²) in [5, 5.41) is 0. The molecule has 24 heavy (non-hydrogen) atoms. The van der Waals surface area contributed by atoms with Crippen molar-refractivity contribution in [1.29, 1.82) is 0 Å². The number of hydrogen-bond acceptors (Lipinski definition) is 4. The number of halogens is 1. The van der Waals surface area contributed by atoms with E-state index in [1.807, 2.05) is 24.3 Å². The van der Waals surface area contributed by atoms with Gasteiger partial charge >= 0.3 is 0 Å². The summed E-state index contributed by atoms with van der Waals surface area (Å²) < 4.78 is 18.7. The second-order valence-corrected chi connectivity index (χ2v) is 6.27. The van der Waals surface area contributed by atoms with Gasteiger partial charge in [-0.2, -0.15) is 0 Å². The average molecular weight is 329 g/mol. The maximum absolute atomic E-state index is 13.8. The van der Waals surface area contributed by atoms with E-state index in [0.717, 1.165) is 50.5 Å². The van der Waals surface area contributed by atoms with Crippen LogP contribution in [0.15, 0.2) is 42.5 Å². The van der Waals surface area contributed by atoms with E-state index in [9.17, 15) is 4.39 Å². The predicted octanol–water partition coefficient (Wildman–Crippen LogP) is 2.73. The van der Waals surface area contributed by atoms with Crippen LogP contribution in [0.1, 0.15) is 11.1 Å². The summed E-state index contributed by atoms with van der Waals surface area (Å²) in [5.41, 5.74) is 8.89. The first kappa shape index (κ1) is 16.7. The van der Waals surface area contributed by atoms with E-state index in [1.165, 1.54) is 12.7 Å². The molecular weight excluding hydrogens is 305 g/mol. The molecule has 4 nitrogen and oxygen atoms in total. The second-order valence-electron chi connectivity index (χ2n) is 6.27. The minimum atomic E-state index is -0.296. The van der Waals surface area contributed by atoms with E-state index in [-0.39, 0.29) is 5.82 Å². The van der Waals surface area contributed by atoms with Crippen LogP contribution in [0.25, 0.3) is 0 Å². The summed E-state index contributed by atoms with van der Waals surface area (Å²) in [4.78, 5) is 4.79. The standard InChI is InChI=1S/C19H24FN3O/c1-24-19-6-5-16(12-18(19)20)14-23-9-7-22(8-10-23)13-15-3-2-4-17(21)11-15/h2-6,11-12H,7-10,13-14,21H2,1H3. The van der Waals surface area contributed by atoms with E-state index in [0.29, 0.717) is 5.75 Å². The fourth-order valence-electron chi connectivity index (χ4n) is 3.12. The van der Waals surface area contributed by atoms with Crippen LogP contribution < -0.4 is 10.5 Å². The van der Waals surface area contributed by atoms with Crippen molar-refractivity contribution >= 4 is 5.69 Å². The molecule has 2 aromatic carbocycles. The van der Waals surface area contributed by atoms with Crippen molar-refractivity contribution in [2.24, 2.45) is 0 Å². The molecule has 0 saturated carbocycles. The Kier molecular flexibility index (Phi) is 5.33. The van der Waals surface area contributed by atoms with Crippen LogP contribution in [0.5, 0.6) is 5.75 Å². The predicted molar refractivity (Wildman–Crippen MR) is 94.4 cm³/mol. The Hall–Kier alpha value is -2.11. The zero-order valence-corrected chi connectivity index (χ0v) is 14.0. The normalized spacial score (nSPS) is 16.2. The molecule has 0 aromatic heterocycles. The van der Waals surface area contributed by atoms with Gasteiger partial charge < -0.3 is 10.5 Å². The summed E-state index contributed by atoms with van der Waals surface area (Å²) in [6.45, 7) is 5.68. The number of nitrogen functional groups attached to an aromatic ring is 1. The SMILES string of the molecule is COc1ccc(CN2CCN(Cc3cccc(N)c3)CC2)cc1F. The van der Waals surface area contributed by atoms with Crippen molar-refractivity contribution < 1.29 is 9.13 Å². The second kappa shape index (κ2) is 7.64. The number of ether oxygens (including phenoxy) is 1. The molecule has 1 aliphatic rings. The average Bonchev–Trinajstić information content (AvgIpc) is 2.57. The molecule has 0 aliphatic carbocycles. The van der Waals surface area contributed by atoms with Crippen LogP contribution in [-0.2, 0) is 13.1 Å². The lowest BCUT2D eigenvalue weighted by molar-refractivity contribution is 0.122. The van der Waals surface area contributed by atoms with Gasteiger partial charge in [0.25, 0.3) is 0 Å². The molecule has 0 bridgehead atoms. The smallest absolute Gasteiger partial charge is 0.165 e. The summed E-state index contributed by atoms with van der Waals surface area (Å²) >= 11 is 0. The molecule has 0 amide bonds. The van der Waals surface area contributed by atoms with Gasteiger partial charge in [-0.15, -0.1) is 0 Å². The van der Waals surface area contributed by atoms with Crippen molar-refractivity contribution in [2.45, 2.75) is 13.1 Å². The monoisotopic (exact) mass is 329 g/mol. The van der Waals surface area contributed by atoms with Crippen LogP contribution >= 0.6 is 0 Å². The fraction of sp³-hybridized carbons (Fsp3) is 0.368. The Balaban J connectivity index is 1.51. The van der Waals surface area contributed by atoms with Gasteiger partial charge in [-0.25, -0.2) is 4.39 Å². The lowest BCUT2D eigenvalue weighted by Crippen LogP contribution is -2.45. The summed E-state index contributed by atoms with van der Waals surface area (Å²) in [7, 11) is 1.48. The minimum Gasteiger partial charge on any atom is -0.494 e. The zero-order valence-electron chi connectivity index (χ0n) is 14.0. The van der Waals surface area contributed by atoms with Crippen molar-refractivity contribution in [1.82, 2.24) is 9.80 Å². The first-order valence-corrected chi connectivity index (χ1v) is 8.25. The highest BCUT2D eigenvalue weighted by Crippen LogP contribution is 2.19. The number of benzene rings is 2. The quantitative estimate of drug-likeness (QED) is 0.857. The maximum atomic E-state index is 13.8. The molecule has 0 atom stereocenters. The van der Waals surface area contributed by atoms with Crippen LogP contribution in [0, 0.1) is 5.82 Å². The lowest BCUT2D eigenvalue weighted by Gasteiger charge is -2.34. The Morgan fingerprint density at radius 2 is 1.58 bits per heavy atom. The molecule has 0 unspecified atom stereocenters. The van der Waals surface area contributed by atoms with Gasteiger partial charge in [0.1, 0.15) is 0 Å². The van der Waals surface area contributed by atoms with E-state index in [1.54, 1.807) is 12.1 Å². The molecule has 0 radical (unpaired) electrons. The molecule has 0 spiro atoms. The highest BCUT2D eigenvalue weighted by atomic mass is 19.1. The van der Waals surface area contributed by atoms with Crippen molar-refractivity contribution in [3.05, 3.63) is 59.4 Å². The molecule has 5 heteroatoms. The van der Waals surface area contributed by atoms with Gasteiger partial charge in [-0.1, -0.05) is 18.2 Å². The van der Waals surface area contributed by atoms with E-state index in [2.05, 4.69) is 15.9 Å². The third kappa shape index (κ3) is 4.24. The summed E-state index contributed by atoms with van der Waals surface area (Å²) in [5.74, 6) is 0.000931. The number of methoxy groups -OCH3 is 1. The minimum absolute atomic E-state index is 0.296. The summed E-state index contributed by atoms with van der Waals surface area (Å²) in [6, 6.07) is 13.3. The number of anilines is 1. The Bertz CT molecular complexity index is 684.